The highest BCUT2D eigenvalue weighted by atomic mass is 32.2. The molecule has 6 heteroatoms. The average molecular weight is 286 g/mol. The molecule has 100 valence electrons. The van der Waals surface area contributed by atoms with Gasteiger partial charge >= 0.3 is 0 Å². The largest absolute Gasteiger partial charge is 0.298 e. The molecule has 0 aromatic heterocycles. The number of nitrogens with one attached hydrogen (secondary N) is 1. The molecule has 0 spiro atoms. The van der Waals surface area contributed by atoms with E-state index >= 15 is 0 Å². The zero-order valence-corrected chi connectivity index (χ0v) is 11.1. The molecule has 0 saturated heterocycles. The number of hydrogen-bond donors (Lipinski definition) is 1. The molecule has 2 aromatic rings. The van der Waals surface area contributed by atoms with Gasteiger partial charge in [0.05, 0.1) is 5.56 Å². The molecule has 0 heterocycles. The highest BCUT2D eigenvalue weighted by Crippen LogP contribution is 2.19. The predicted octanol–water partition coefficient (Wildman–Crippen LogP) is 2.17. The summed E-state index contributed by atoms with van der Waals surface area (Å²) in [5.74, 6) is 0. The standard InChI is InChI=1S/C14H10N2O3S/c15-9-12-3-1-2-4-14(12)20(18,19)16-13-7-5-11(10-17)6-8-13/h1-8,10,16H. The van der Waals surface area contributed by atoms with Crippen molar-refractivity contribution < 1.29 is 13.2 Å². The number of nitriles is 1. The Balaban J connectivity index is 2.36. The van der Waals surface area contributed by atoms with Gasteiger partial charge in [-0.3, -0.25) is 9.52 Å². The molecule has 1 N–H and O–H groups in total. The maximum absolute atomic E-state index is 12.2. The first-order valence-electron chi connectivity index (χ1n) is 5.64. The molecule has 0 aliphatic carbocycles. The van der Waals surface area contributed by atoms with Gasteiger partial charge in [0.1, 0.15) is 17.3 Å². The van der Waals surface area contributed by atoms with Gasteiger partial charge in [-0.15, -0.1) is 0 Å². The molecule has 0 radical (unpaired) electrons. The third kappa shape index (κ3) is 2.84. The molecular formula is C14H10N2O3S. The molecule has 0 fully saturated rings. The summed E-state index contributed by atoms with van der Waals surface area (Å²) in [7, 11) is -3.84. The normalized spacial score (nSPS) is 10.6. The molecular weight excluding hydrogens is 276 g/mol. The van der Waals surface area contributed by atoms with E-state index in [-0.39, 0.29) is 10.5 Å². The van der Waals surface area contributed by atoms with E-state index in [0.29, 0.717) is 17.5 Å². The maximum atomic E-state index is 12.2. The second kappa shape index (κ2) is 5.55. The topological polar surface area (TPSA) is 87.0 Å². The number of benzene rings is 2. The molecule has 2 rings (SSSR count). The van der Waals surface area contributed by atoms with Crippen molar-refractivity contribution in [3.05, 3.63) is 59.7 Å². The number of rotatable bonds is 4. The van der Waals surface area contributed by atoms with Crippen molar-refractivity contribution >= 4 is 22.0 Å². The van der Waals surface area contributed by atoms with Crippen LogP contribution in [0.25, 0.3) is 0 Å². The molecule has 0 aliphatic heterocycles. The van der Waals surface area contributed by atoms with Crippen LogP contribution < -0.4 is 4.72 Å². The van der Waals surface area contributed by atoms with E-state index < -0.39 is 10.0 Å². The average Bonchev–Trinajstić information content (AvgIpc) is 2.47. The molecule has 0 atom stereocenters. The van der Waals surface area contributed by atoms with Crippen molar-refractivity contribution in [2.24, 2.45) is 0 Å². The van der Waals surface area contributed by atoms with Crippen LogP contribution in [0.4, 0.5) is 5.69 Å². The first-order valence-corrected chi connectivity index (χ1v) is 7.12. The summed E-state index contributed by atoms with van der Waals surface area (Å²) in [6, 6.07) is 13.7. The van der Waals surface area contributed by atoms with Crippen molar-refractivity contribution in [2.45, 2.75) is 4.90 Å². The lowest BCUT2D eigenvalue weighted by molar-refractivity contribution is 0.112. The van der Waals surface area contributed by atoms with E-state index in [1.807, 2.05) is 6.07 Å². The van der Waals surface area contributed by atoms with Crippen LogP contribution in [0.3, 0.4) is 0 Å². The summed E-state index contributed by atoms with van der Waals surface area (Å²) in [6.45, 7) is 0. The fourth-order valence-corrected chi connectivity index (χ4v) is 2.85. The van der Waals surface area contributed by atoms with Gasteiger partial charge in [-0.05, 0) is 36.4 Å². The minimum absolute atomic E-state index is 0.0736. The number of carbonyl (C=O) groups excluding carboxylic acids is 1. The van der Waals surface area contributed by atoms with Crippen LogP contribution >= 0.6 is 0 Å². The fourth-order valence-electron chi connectivity index (χ4n) is 1.63. The first kappa shape index (κ1) is 13.8. The molecule has 0 amide bonds. The highest BCUT2D eigenvalue weighted by Gasteiger charge is 2.18. The third-order valence-electron chi connectivity index (χ3n) is 2.60. The smallest absolute Gasteiger partial charge is 0.263 e. The Kier molecular flexibility index (Phi) is 3.82. The van der Waals surface area contributed by atoms with Crippen LogP contribution in [0.1, 0.15) is 15.9 Å². The summed E-state index contributed by atoms with van der Waals surface area (Å²) in [6.07, 6.45) is 0.670. The van der Waals surface area contributed by atoms with Gasteiger partial charge in [-0.25, -0.2) is 8.42 Å². The van der Waals surface area contributed by atoms with Crippen LogP contribution in [0.15, 0.2) is 53.4 Å². The first-order chi connectivity index (χ1) is 9.56. The Hall–Kier alpha value is -2.65. The van der Waals surface area contributed by atoms with Crippen LogP contribution in [0.2, 0.25) is 0 Å². The third-order valence-corrected chi connectivity index (χ3v) is 4.04. The molecule has 0 unspecified atom stereocenters. The molecule has 0 bridgehead atoms. The van der Waals surface area contributed by atoms with E-state index in [0.717, 1.165) is 0 Å². The van der Waals surface area contributed by atoms with Crippen molar-refractivity contribution in [3.63, 3.8) is 0 Å². The lowest BCUT2D eigenvalue weighted by Crippen LogP contribution is -2.14. The van der Waals surface area contributed by atoms with Gasteiger partial charge in [-0.2, -0.15) is 5.26 Å². The highest BCUT2D eigenvalue weighted by molar-refractivity contribution is 7.92. The Labute approximate surface area is 116 Å². The number of nitrogens with zero attached hydrogens (tertiary/aromatic N) is 1. The van der Waals surface area contributed by atoms with Crippen molar-refractivity contribution in [1.82, 2.24) is 0 Å². The van der Waals surface area contributed by atoms with Gasteiger partial charge < -0.3 is 0 Å². The number of carbonyl (C=O) groups is 1. The Morgan fingerprint density at radius 2 is 1.70 bits per heavy atom. The number of sulfonamides is 1. The SMILES string of the molecule is N#Cc1ccccc1S(=O)(=O)Nc1ccc(C=O)cc1. The monoisotopic (exact) mass is 286 g/mol. The van der Waals surface area contributed by atoms with Gasteiger partial charge in [-0.1, -0.05) is 12.1 Å². The van der Waals surface area contributed by atoms with Crippen LogP contribution in [-0.4, -0.2) is 14.7 Å². The summed E-state index contributed by atoms with van der Waals surface area (Å²) in [5.41, 5.74) is 0.846. The van der Waals surface area contributed by atoms with Crippen LogP contribution in [0.5, 0.6) is 0 Å². The maximum Gasteiger partial charge on any atom is 0.263 e. The number of aldehydes is 1. The zero-order chi connectivity index (χ0) is 14.6. The summed E-state index contributed by atoms with van der Waals surface area (Å²) in [4.78, 5) is 10.5. The van der Waals surface area contributed by atoms with Crippen molar-refractivity contribution in [1.29, 1.82) is 5.26 Å². The summed E-state index contributed by atoms with van der Waals surface area (Å²) in [5, 5.41) is 8.94. The lowest BCUT2D eigenvalue weighted by Gasteiger charge is -2.09. The zero-order valence-electron chi connectivity index (χ0n) is 10.3. The molecule has 5 nitrogen and oxygen atoms in total. The second-order valence-corrected chi connectivity index (χ2v) is 5.60. The minimum Gasteiger partial charge on any atom is -0.298 e. The number of hydrogen-bond acceptors (Lipinski definition) is 4. The predicted molar refractivity (Wildman–Crippen MR) is 73.8 cm³/mol. The van der Waals surface area contributed by atoms with E-state index in [9.17, 15) is 13.2 Å². The fraction of sp³-hybridized carbons (Fsp3) is 0. The Morgan fingerprint density at radius 3 is 2.30 bits per heavy atom. The van der Waals surface area contributed by atoms with Crippen molar-refractivity contribution in [2.75, 3.05) is 4.72 Å². The van der Waals surface area contributed by atoms with Crippen molar-refractivity contribution in [3.8, 4) is 6.07 Å². The molecule has 0 aliphatic rings. The van der Waals surface area contributed by atoms with Gasteiger partial charge in [0.25, 0.3) is 10.0 Å². The van der Waals surface area contributed by atoms with E-state index in [1.165, 1.54) is 36.4 Å². The van der Waals surface area contributed by atoms with Crippen LogP contribution in [-0.2, 0) is 10.0 Å². The molecule has 20 heavy (non-hydrogen) atoms. The minimum atomic E-state index is -3.84. The number of anilines is 1. The van der Waals surface area contributed by atoms with Gasteiger partial charge in [0.2, 0.25) is 0 Å². The van der Waals surface area contributed by atoms with E-state index in [2.05, 4.69) is 4.72 Å². The van der Waals surface area contributed by atoms with Crippen LogP contribution in [0, 0.1) is 11.3 Å². The Bertz CT molecular complexity index is 775. The second-order valence-electron chi connectivity index (χ2n) is 3.95. The molecule has 2 aromatic carbocycles. The van der Waals surface area contributed by atoms with E-state index in [4.69, 9.17) is 5.26 Å². The van der Waals surface area contributed by atoms with Gasteiger partial charge in [0.15, 0.2) is 0 Å². The van der Waals surface area contributed by atoms with E-state index in [1.54, 1.807) is 12.1 Å². The quantitative estimate of drug-likeness (QED) is 0.872. The molecule has 0 saturated carbocycles. The van der Waals surface area contributed by atoms with Gasteiger partial charge in [0, 0.05) is 11.3 Å². The lowest BCUT2D eigenvalue weighted by atomic mass is 10.2. The summed E-state index contributed by atoms with van der Waals surface area (Å²) < 4.78 is 26.8. The summed E-state index contributed by atoms with van der Waals surface area (Å²) >= 11 is 0. The Morgan fingerprint density at radius 1 is 1.05 bits per heavy atom.